The third kappa shape index (κ3) is 4.15. The average Bonchev–Trinajstić information content (AvgIpc) is 2.96. The Morgan fingerprint density at radius 2 is 2.12 bits per heavy atom. The van der Waals surface area contributed by atoms with Gasteiger partial charge >= 0.3 is 0 Å². The van der Waals surface area contributed by atoms with Crippen LogP contribution in [0.4, 0.5) is 11.5 Å². The lowest BCUT2D eigenvalue weighted by Gasteiger charge is -2.20. The maximum Gasteiger partial charge on any atom is 0.270 e. The van der Waals surface area contributed by atoms with Gasteiger partial charge in [-0.3, -0.25) is 19.7 Å². The summed E-state index contributed by atoms with van der Waals surface area (Å²) < 4.78 is 4.84. The van der Waals surface area contributed by atoms with Gasteiger partial charge in [-0.05, 0) is 19.9 Å². The van der Waals surface area contributed by atoms with Crippen LogP contribution in [0, 0.1) is 17.0 Å². The molecule has 0 bridgehead atoms. The second-order valence-electron chi connectivity index (χ2n) is 5.00. The molecule has 2 aromatic rings. The smallest absolute Gasteiger partial charge is 0.270 e. The Bertz CT molecular complexity index is 771. The number of hydrogen-bond donors (Lipinski definition) is 1. The fraction of sp³-hybridized carbons (Fsp3) is 0.267. The number of hydrogen-bond acceptors (Lipinski definition) is 6. The standard InChI is InChI=1S/C15H16N4O5/c1-3-18(9-14(20)16-13-7-10(2)24-17-13)15(21)11-5-4-6-12(8-11)19(22)23/h4-8H,3,9H2,1-2H3,(H,16,17,20). The number of benzene rings is 1. The molecule has 0 saturated heterocycles. The normalized spacial score (nSPS) is 10.2. The van der Waals surface area contributed by atoms with Crippen LogP contribution in [0.2, 0.25) is 0 Å². The SMILES string of the molecule is CCN(CC(=O)Nc1cc(C)on1)C(=O)c1cccc([N+](=O)[O-])c1. The summed E-state index contributed by atoms with van der Waals surface area (Å²) in [6.07, 6.45) is 0. The second kappa shape index (κ2) is 7.36. The number of rotatable bonds is 6. The topological polar surface area (TPSA) is 119 Å². The summed E-state index contributed by atoms with van der Waals surface area (Å²) in [6, 6.07) is 6.93. The van der Waals surface area contributed by atoms with Crippen molar-refractivity contribution in [3.63, 3.8) is 0 Å². The number of non-ortho nitro benzene ring substituents is 1. The van der Waals surface area contributed by atoms with E-state index in [1.54, 1.807) is 19.9 Å². The zero-order valence-electron chi connectivity index (χ0n) is 13.2. The monoisotopic (exact) mass is 332 g/mol. The quantitative estimate of drug-likeness (QED) is 0.638. The molecule has 126 valence electrons. The van der Waals surface area contributed by atoms with E-state index < -0.39 is 16.7 Å². The van der Waals surface area contributed by atoms with Gasteiger partial charge in [0.2, 0.25) is 5.91 Å². The summed E-state index contributed by atoms with van der Waals surface area (Å²) in [5.41, 5.74) is -0.0319. The van der Waals surface area contributed by atoms with E-state index in [-0.39, 0.29) is 30.2 Å². The van der Waals surface area contributed by atoms with Crippen molar-refractivity contribution in [1.29, 1.82) is 0 Å². The minimum Gasteiger partial charge on any atom is -0.360 e. The molecule has 2 amide bonds. The van der Waals surface area contributed by atoms with E-state index in [1.807, 2.05) is 0 Å². The number of aromatic nitrogens is 1. The molecule has 0 fully saturated rings. The van der Waals surface area contributed by atoms with Gasteiger partial charge in [0.25, 0.3) is 11.6 Å². The van der Waals surface area contributed by atoms with Crippen molar-refractivity contribution < 1.29 is 19.0 Å². The predicted octanol–water partition coefficient (Wildman–Crippen LogP) is 1.99. The molecule has 0 aliphatic carbocycles. The molecule has 1 N–H and O–H groups in total. The molecule has 0 unspecified atom stereocenters. The number of carbonyl (C=O) groups excluding carboxylic acids is 2. The van der Waals surface area contributed by atoms with E-state index in [2.05, 4.69) is 10.5 Å². The largest absolute Gasteiger partial charge is 0.360 e. The van der Waals surface area contributed by atoms with E-state index in [0.717, 1.165) is 0 Å². The fourth-order valence-electron chi connectivity index (χ4n) is 2.04. The lowest BCUT2D eigenvalue weighted by molar-refractivity contribution is -0.384. The zero-order valence-corrected chi connectivity index (χ0v) is 13.2. The van der Waals surface area contributed by atoms with Gasteiger partial charge < -0.3 is 14.7 Å². The van der Waals surface area contributed by atoms with Crippen LogP contribution in [0.25, 0.3) is 0 Å². The Morgan fingerprint density at radius 3 is 2.71 bits per heavy atom. The molecule has 0 radical (unpaired) electrons. The van der Waals surface area contributed by atoms with Crippen molar-refractivity contribution in [3.8, 4) is 0 Å². The van der Waals surface area contributed by atoms with Gasteiger partial charge in [-0.25, -0.2) is 0 Å². The molecule has 1 aromatic carbocycles. The number of anilines is 1. The van der Waals surface area contributed by atoms with Crippen LogP contribution in [0.3, 0.4) is 0 Å². The lowest BCUT2D eigenvalue weighted by Crippen LogP contribution is -2.37. The Morgan fingerprint density at radius 1 is 1.38 bits per heavy atom. The van der Waals surface area contributed by atoms with Crippen LogP contribution in [0.1, 0.15) is 23.0 Å². The summed E-state index contributed by atoms with van der Waals surface area (Å²) in [7, 11) is 0. The molecule has 0 spiro atoms. The highest BCUT2D eigenvalue weighted by molar-refractivity contribution is 5.99. The molecule has 0 atom stereocenters. The number of carbonyl (C=O) groups is 2. The molecular formula is C15H16N4O5. The van der Waals surface area contributed by atoms with Crippen LogP contribution in [-0.4, -0.2) is 39.9 Å². The van der Waals surface area contributed by atoms with Gasteiger partial charge in [0, 0.05) is 30.3 Å². The maximum atomic E-state index is 12.4. The van der Waals surface area contributed by atoms with Gasteiger partial charge in [0.05, 0.1) is 4.92 Å². The van der Waals surface area contributed by atoms with Crippen molar-refractivity contribution in [2.75, 3.05) is 18.4 Å². The molecule has 0 aliphatic heterocycles. The van der Waals surface area contributed by atoms with Gasteiger partial charge in [0.1, 0.15) is 12.3 Å². The number of nitro benzene ring substituents is 1. The molecule has 9 nitrogen and oxygen atoms in total. The average molecular weight is 332 g/mol. The highest BCUT2D eigenvalue weighted by atomic mass is 16.6. The van der Waals surface area contributed by atoms with Crippen molar-refractivity contribution in [1.82, 2.24) is 10.1 Å². The van der Waals surface area contributed by atoms with Crippen molar-refractivity contribution >= 4 is 23.3 Å². The van der Waals surface area contributed by atoms with Crippen molar-refractivity contribution in [3.05, 3.63) is 51.8 Å². The number of nitrogens with one attached hydrogen (secondary N) is 1. The van der Waals surface area contributed by atoms with Crippen LogP contribution >= 0.6 is 0 Å². The summed E-state index contributed by atoms with van der Waals surface area (Å²) in [5.74, 6) is -0.0988. The Balaban J connectivity index is 2.07. The first-order valence-corrected chi connectivity index (χ1v) is 7.17. The molecule has 9 heteroatoms. The van der Waals surface area contributed by atoms with Crippen LogP contribution < -0.4 is 5.32 Å². The molecule has 24 heavy (non-hydrogen) atoms. The molecule has 2 rings (SSSR count). The number of likely N-dealkylation sites (N-methyl/N-ethyl adjacent to an activating group) is 1. The fourth-order valence-corrected chi connectivity index (χ4v) is 2.04. The van der Waals surface area contributed by atoms with Gasteiger partial charge in [-0.15, -0.1) is 0 Å². The zero-order chi connectivity index (χ0) is 17.7. The highest BCUT2D eigenvalue weighted by Crippen LogP contribution is 2.15. The summed E-state index contributed by atoms with van der Waals surface area (Å²) >= 11 is 0. The van der Waals surface area contributed by atoms with E-state index in [4.69, 9.17) is 4.52 Å². The number of aryl methyl sites for hydroxylation is 1. The maximum absolute atomic E-state index is 12.4. The summed E-state index contributed by atoms with van der Waals surface area (Å²) in [6.45, 7) is 3.46. The van der Waals surface area contributed by atoms with E-state index >= 15 is 0 Å². The lowest BCUT2D eigenvalue weighted by atomic mass is 10.1. The van der Waals surface area contributed by atoms with Crippen LogP contribution in [0.15, 0.2) is 34.9 Å². The third-order valence-electron chi connectivity index (χ3n) is 3.20. The minimum absolute atomic E-state index is 0.149. The third-order valence-corrected chi connectivity index (χ3v) is 3.20. The van der Waals surface area contributed by atoms with E-state index in [0.29, 0.717) is 5.76 Å². The summed E-state index contributed by atoms with van der Waals surface area (Å²) in [5, 5.41) is 17.0. The predicted molar refractivity (Wildman–Crippen MR) is 84.5 cm³/mol. The van der Waals surface area contributed by atoms with E-state index in [1.165, 1.54) is 29.2 Å². The molecular weight excluding hydrogens is 316 g/mol. The van der Waals surface area contributed by atoms with Crippen LogP contribution in [0.5, 0.6) is 0 Å². The Labute approximate surface area is 137 Å². The van der Waals surface area contributed by atoms with Gasteiger partial charge in [-0.1, -0.05) is 11.2 Å². The van der Waals surface area contributed by atoms with Crippen molar-refractivity contribution in [2.45, 2.75) is 13.8 Å². The summed E-state index contributed by atoms with van der Waals surface area (Å²) in [4.78, 5) is 35.9. The molecule has 1 heterocycles. The van der Waals surface area contributed by atoms with Crippen LogP contribution in [-0.2, 0) is 4.79 Å². The number of amides is 2. The van der Waals surface area contributed by atoms with Gasteiger partial charge in [0.15, 0.2) is 5.82 Å². The van der Waals surface area contributed by atoms with Gasteiger partial charge in [-0.2, -0.15) is 0 Å². The van der Waals surface area contributed by atoms with E-state index in [9.17, 15) is 19.7 Å². The first kappa shape index (κ1) is 17.1. The first-order chi connectivity index (χ1) is 11.4. The van der Waals surface area contributed by atoms with Crippen molar-refractivity contribution in [2.24, 2.45) is 0 Å². The molecule has 0 aliphatic rings. The molecule has 1 aromatic heterocycles. The number of nitrogens with zero attached hydrogens (tertiary/aromatic N) is 3. The first-order valence-electron chi connectivity index (χ1n) is 7.17. The molecule has 0 saturated carbocycles. The Hall–Kier alpha value is -3.23. The highest BCUT2D eigenvalue weighted by Gasteiger charge is 2.20. The number of nitro groups is 1. The Kier molecular flexibility index (Phi) is 5.25. The second-order valence-corrected chi connectivity index (χ2v) is 5.00. The minimum atomic E-state index is -0.577.